The number of carbonyl (C=O) groups excluding carboxylic acids is 1. The van der Waals surface area contributed by atoms with Crippen molar-refractivity contribution in [1.82, 2.24) is 15.0 Å². The summed E-state index contributed by atoms with van der Waals surface area (Å²) in [5, 5.41) is 3.03. The third-order valence-corrected chi connectivity index (χ3v) is 4.22. The number of amides is 1. The van der Waals surface area contributed by atoms with Gasteiger partial charge in [0, 0.05) is 23.3 Å². The SMILES string of the molecule is O=C(Nc1cccc(C(F)(F)F)n1)c1cc(-c2ccncc2)nc2ccccc12. The molecule has 0 unspecified atom stereocenters. The van der Waals surface area contributed by atoms with E-state index in [0.717, 1.165) is 11.6 Å². The summed E-state index contributed by atoms with van der Waals surface area (Å²) in [6.45, 7) is 0. The molecule has 144 valence electrons. The van der Waals surface area contributed by atoms with E-state index in [-0.39, 0.29) is 11.4 Å². The molecule has 0 radical (unpaired) electrons. The number of rotatable bonds is 3. The minimum atomic E-state index is -4.60. The predicted octanol–water partition coefficient (Wildman–Crippen LogP) is 4.96. The third-order valence-electron chi connectivity index (χ3n) is 4.22. The van der Waals surface area contributed by atoms with Gasteiger partial charge in [-0.15, -0.1) is 0 Å². The third kappa shape index (κ3) is 3.91. The summed E-state index contributed by atoms with van der Waals surface area (Å²) in [6, 6.07) is 15.5. The molecule has 29 heavy (non-hydrogen) atoms. The fraction of sp³-hybridized carbons (Fsp3) is 0.0476. The first-order valence-electron chi connectivity index (χ1n) is 8.57. The molecule has 8 heteroatoms. The molecule has 0 aliphatic heterocycles. The van der Waals surface area contributed by atoms with E-state index in [1.807, 2.05) is 0 Å². The van der Waals surface area contributed by atoms with Gasteiger partial charge in [0.1, 0.15) is 11.5 Å². The Bertz CT molecular complexity index is 1190. The first-order valence-corrected chi connectivity index (χ1v) is 8.57. The van der Waals surface area contributed by atoms with E-state index >= 15 is 0 Å². The van der Waals surface area contributed by atoms with Gasteiger partial charge in [-0.3, -0.25) is 9.78 Å². The standard InChI is InChI=1S/C21H13F3N4O/c22-21(23,24)18-6-3-7-19(27-18)28-20(29)15-12-17(13-8-10-25-11-9-13)26-16-5-2-1-4-14(15)16/h1-12H,(H,27,28,29). The topological polar surface area (TPSA) is 67.8 Å². The van der Waals surface area contributed by atoms with Crippen LogP contribution in [0.1, 0.15) is 16.1 Å². The van der Waals surface area contributed by atoms with E-state index in [4.69, 9.17) is 0 Å². The van der Waals surface area contributed by atoms with Crippen molar-refractivity contribution in [3.05, 3.63) is 84.3 Å². The smallest absolute Gasteiger partial charge is 0.307 e. The van der Waals surface area contributed by atoms with Gasteiger partial charge in [0.25, 0.3) is 5.91 Å². The molecule has 0 aliphatic rings. The van der Waals surface area contributed by atoms with Gasteiger partial charge in [-0.2, -0.15) is 13.2 Å². The summed E-state index contributed by atoms with van der Waals surface area (Å²) in [6.07, 6.45) is -1.38. The molecule has 0 atom stereocenters. The van der Waals surface area contributed by atoms with Crippen molar-refractivity contribution in [2.45, 2.75) is 6.18 Å². The lowest BCUT2D eigenvalue weighted by Gasteiger charge is -2.11. The number of fused-ring (bicyclic) bond motifs is 1. The molecule has 4 aromatic rings. The molecule has 1 aromatic carbocycles. The molecule has 0 spiro atoms. The fourth-order valence-corrected chi connectivity index (χ4v) is 2.88. The largest absolute Gasteiger partial charge is 0.433 e. The number of pyridine rings is 3. The molecule has 0 aliphatic carbocycles. The second-order valence-electron chi connectivity index (χ2n) is 6.17. The lowest BCUT2D eigenvalue weighted by molar-refractivity contribution is -0.141. The molecule has 0 saturated carbocycles. The maximum atomic E-state index is 12.9. The van der Waals surface area contributed by atoms with Gasteiger partial charge >= 0.3 is 6.18 Å². The van der Waals surface area contributed by atoms with E-state index in [1.165, 1.54) is 12.1 Å². The average Bonchev–Trinajstić information content (AvgIpc) is 2.73. The first kappa shape index (κ1) is 18.5. The number of hydrogen-bond donors (Lipinski definition) is 1. The summed E-state index contributed by atoms with van der Waals surface area (Å²) in [7, 11) is 0. The molecular formula is C21H13F3N4O. The average molecular weight is 394 g/mol. The summed E-state index contributed by atoms with van der Waals surface area (Å²) < 4.78 is 38.7. The van der Waals surface area contributed by atoms with Crippen LogP contribution in [0, 0.1) is 0 Å². The number of anilines is 1. The Morgan fingerprint density at radius 1 is 0.897 bits per heavy atom. The monoisotopic (exact) mass is 394 g/mol. The highest BCUT2D eigenvalue weighted by Crippen LogP contribution is 2.29. The molecule has 0 bridgehead atoms. The number of carbonyl (C=O) groups is 1. The summed E-state index contributed by atoms with van der Waals surface area (Å²) in [4.78, 5) is 24.9. The van der Waals surface area contributed by atoms with Crippen LogP contribution in [0.3, 0.4) is 0 Å². The van der Waals surface area contributed by atoms with Gasteiger partial charge in [0.2, 0.25) is 0 Å². The molecule has 0 fully saturated rings. The number of para-hydroxylation sites is 1. The van der Waals surface area contributed by atoms with Crippen molar-refractivity contribution >= 4 is 22.6 Å². The van der Waals surface area contributed by atoms with Gasteiger partial charge in [-0.1, -0.05) is 24.3 Å². The molecule has 4 rings (SSSR count). The minimum Gasteiger partial charge on any atom is -0.307 e. The normalized spacial score (nSPS) is 11.4. The number of benzene rings is 1. The van der Waals surface area contributed by atoms with Crippen molar-refractivity contribution in [2.24, 2.45) is 0 Å². The van der Waals surface area contributed by atoms with Crippen LogP contribution in [-0.4, -0.2) is 20.9 Å². The van der Waals surface area contributed by atoms with Crippen LogP contribution in [0.4, 0.5) is 19.0 Å². The maximum absolute atomic E-state index is 12.9. The van der Waals surface area contributed by atoms with E-state index in [2.05, 4.69) is 20.3 Å². The Balaban J connectivity index is 1.76. The Morgan fingerprint density at radius 3 is 2.41 bits per heavy atom. The molecular weight excluding hydrogens is 381 g/mol. The van der Waals surface area contributed by atoms with Crippen molar-refractivity contribution in [2.75, 3.05) is 5.32 Å². The van der Waals surface area contributed by atoms with Crippen molar-refractivity contribution in [3.8, 4) is 11.3 Å². The molecule has 3 heterocycles. The van der Waals surface area contributed by atoms with Crippen LogP contribution in [-0.2, 0) is 6.18 Å². The molecule has 0 saturated heterocycles. The van der Waals surface area contributed by atoms with E-state index < -0.39 is 17.8 Å². The fourth-order valence-electron chi connectivity index (χ4n) is 2.88. The highest BCUT2D eigenvalue weighted by molar-refractivity contribution is 6.12. The van der Waals surface area contributed by atoms with Crippen LogP contribution in [0.15, 0.2) is 73.1 Å². The number of nitrogens with one attached hydrogen (secondary N) is 1. The van der Waals surface area contributed by atoms with E-state index in [9.17, 15) is 18.0 Å². The second-order valence-corrected chi connectivity index (χ2v) is 6.17. The van der Waals surface area contributed by atoms with E-state index in [0.29, 0.717) is 16.6 Å². The van der Waals surface area contributed by atoms with Gasteiger partial charge in [-0.25, -0.2) is 9.97 Å². The Labute approximate surface area is 163 Å². The van der Waals surface area contributed by atoms with Crippen LogP contribution in [0.5, 0.6) is 0 Å². The highest BCUT2D eigenvalue weighted by atomic mass is 19.4. The number of hydrogen-bond acceptors (Lipinski definition) is 4. The van der Waals surface area contributed by atoms with Crippen LogP contribution in [0.2, 0.25) is 0 Å². The second kappa shape index (κ2) is 7.31. The van der Waals surface area contributed by atoms with Gasteiger partial charge in [-0.05, 0) is 36.4 Å². The van der Waals surface area contributed by atoms with Gasteiger partial charge in [0.05, 0.1) is 16.8 Å². The lowest BCUT2D eigenvalue weighted by atomic mass is 10.0. The molecule has 5 nitrogen and oxygen atoms in total. The lowest BCUT2D eigenvalue weighted by Crippen LogP contribution is -2.16. The maximum Gasteiger partial charge on any atom is 0.433 e. The summed E-state index contributed by atoms with van der Waals surface area (Å²) in [5.41, 5.74) is 1.10. The van der Waals surface area contributed by atoms with Gasteiger partial charge < -0.3 is 5.32 Å². The van der Waals surface area contributed by atoms with Crippen molar-refractivity contribution < 1.29 is 18.0 Å². The number of nitrogens with zero attached hydrogens (tertiary/aromatic N) is 3. The minimum absolute atomic E-state index is 0.184. The zero-order chi connectivity index (χ0) is 20.4. The number of halogens is 3. The van der Waals surface area contributed by atoms with Crippen LogP contribution in [0.25, 0.3) is 22.2 Å². The number of alkyl halides is 3. The summed E-state index contributed by atoms with van der Waals surface area (Å²) in [5.74, 6) is -0.762. The van der Waals surface area contributed by atoms with Crippen molar-refractivity contribution in [1.29, 1.82) is 0 Å². The Kier molecular flexibility index (Phi) is 4.67. The molecule has 1 amide bonds. The predicted molar refractivity (Wildman–Crippen MR) is 102 cm³/mol. The quantitative estimate of drug-likeness (QED) is 0.533. The molecule has 3 aromatic heterocycles. The van der Waals surface area contributed by atoms with E-state index in [1.54, 1.807) is 54.9 Å². The van der Waals surface area contributed by atoms with Gasteiger partial charge in [0.15, 0.2) is 0 Å². The van der Waals surface area contributed by atoms with Crippen LogP contribution < -0.4 is 5.32 Å². The van der Waals surface area contributed by atoms with Crippen molar-refractivity contribution in [3.63, 3.8) is 0 Å². The summed E-state index contributed by atoms with van der Waals surface area (Å²) >= 11 is 0. The Hall–Kier alpha value is -3.81. The number of aromatic nitrogens is 3. The zero-order valence-electron chi connectivity index (χ0n) is 14.8. The highest BCUT2D eigenvalue weighted by Gasteiger charge is 2.32. The molecule has 1 N–H and O–H groups in total. The zero-order valence-corrected chi connectivity index (χ0v) is 14.8. The van der Waals surface area contributed by atoms with Crippen LogP contribution >= 0.6 is 0 Å². The first-order chi connectivity index (χ1) is 13.9. The Morgan fingerprint density at radius 2 is 1.66 bits per heavy atom.